The number of nitrogens with zero attached hydrogens (tertiary/aromatic N) is 6. The maximum absolute atomic E-state index is 12.7. The van der Waals surface area contributed by atoms with Gasteiger partial charge in [0, 0.05) is 37.2 Å². The SMILES string of the molecule is N#Cc1cnn(C2CCN(C(=O)c3ccc4nccnc4c3)C2)c1. The quantitative estimate of drug-likeness (QED) is 0.719. The predicted molar refractivity (Wildman–Crippen MR) is 86.0 cm³/mol. The van der Waals surface area contributed by atoms with E-state index in [-0.39, 0.29) is 11.9 Å². The molecule has 1 atom stereocenters. The van der Waals surface area contributed by atoms with Crippen LogP contribution in [0.1, 0.15) is 28.4 Å². The molecule has 7 heteroatoms. The minimum atomic E-state index is -0.0160. The van der Waals surface area contributed by atoms with Gasteiger partial charge < -0.3 is 4.90 Å². The number of amides is 1. The van der Waals surface area contributed by atoms with Crippen molar-refractivity contribution in [3.63, 3.8) is 0 Å². The van der Waals surface area contributed by atoms with Crippen LogP contribution in [0, 0.1) is 11.3 Å². The Bertz CT molecular complexity index is 957. The second-order valence-electron chi connectivity index (χ2n) is 5.77. The first-order valence-electron chi connectivity index (χ1n) is 7.69. The molecule has 7 nitrogen and oxygen atoms in total. The van der Waals surface area contributed by atoms with Crippen LogP contribution in [-0.4, -0.2) is 43.6 Å². The fourth-order valence-electron chi connectivity index (χ4n) is 3.02. The lowest BCUT2D eigenvalue weighted by molar-refractivity contribution is 0.0787. The number of nitriles is 1. The molecule has 1 aromatic carbocycles. The number of likely N-dealkylation sites (tertiary alicyclic amines) is 1. The van der Waals surface area contributed by atoms with Gasteiger partial charge in [-0.3, -0.25) is 19.4 Å². The summed E-state index contributed by atoms with van der Waals surface area (Å²) in [6.07, 6.45) is 7.35. The smallest absolute Gasteiger partial charge is 0.254 e. The van der Waals surface area contributed by atoms with Crippen LogP contribution in [-0.2, 0) is 0 Å². The molecule has 1 saturated heterocycles. The van der Waals surface area contributed by atoms with Crippen molar-refractivity contribution in [1.29, 1.82) is 5.26 Å². The minimum Gasteiger partial charge on any atom is -0.336 e. The summed E-state index contributed by atoms with van der Waals surface area (Å²) in [6.45, 7) is 1.26. The zero-order chi connectivity index (χ0) is 16.5. The normalized spacial score (nSPS) is 17.1. The molecule has 1 unspecified atom stereocenters. The number of benzene rings is 1. The Morgan fingerprint density at radius 2 is 2.08 bits per heavy atom. The van der Waals surface area contributed by atoms with Gasteiger partial charge >= 0.3 is 0 Å². The third-order valence-corrected chi connectivity index (χ3v) is 4.27. The summed E-state index contributed by atoms with van der Waals surface area (Å²) in [5.41, 5.74) is 2.63. The average molecular weight is 318 g/mol. The van der Waals surface area contributed by atoms with Crippen molar-refractivity contribution in [2.24, 2.45) is 0 Å². The minimum absolute atomic E-state index is 0.0160. The Hall–Kier alpha value is -3.27. The van der Waals surface area contributed by atoms with Gasteiger partial charge in [-0.25, -0.2) is 0 Å². The van der Waals surface area contributed by atoms with Crippen LogP contribution in [0.5, 0.6) is 0 Å². The first kappa shape index (κ1) is 14.3. The molecule has 118 valence electrons. The van der Waals surface area contributed by atoms with E-state index in [1.165, 1.54) is 0 Å². The molecule has 0 radical (unpaired) electrons. The van der Waals surface area contributed by atoms with Gasteiger partial charge in [0.25, 0.3) is 5.91 Å². The molecule has 1 aliphatic heterocycles. The lowest BCUT2D eigenvalue weighted by atomic mass is 10.1. The number of fused-ring (bicyclic) bond motifs is 1. The van der Waals surface area contributed by atoms with E-state index in [0.717, 1.165) is 11.9 Å². The van der Waals surface area contributed by atoms with Crippen LogP contribution in [0.25, 0.3) is 11.0 Å². The first-order chi connectivity index (χ1) is 11.7. The molecule has 0 saturated carbocycles. The monoisotopic (exact) mass is 318 g/mol. The van der Waals surface area contributed by atoms with Crippen LogP contribution in [0.15, 0.2) is 43.0 Å². The van der Waals surface area contributed by atoms with Gasteiger partial charge in [-0.1, -0.05) is 0 Å². The molecule has 1 aliphatic rings. The largest absolute Gasteiger partial charge is 0.336 e. The Balaban J connectivity index is 1.53. The molecular formula is C17H14N6O. The summed E-state index contributed by atoms with van der Waals surface area (Å²) >= 11 is 0. The Morgan fingerprint density at radius 3 is 2.88 bits per heavy atom. The van der Waals surface area contributed by atoms with Gasteiger partial charge in [0.1, 0.15) is 6.07 Å². The standard InChI is InChI=1S/C17H14N6O/c18-8-12-9-21-23(10-12)14-3-6-22(11-14)17(24)13-1-2-15-16(7-13)20-5-4-19-15/h1-2,4-5,7,9-10,14H,3,6,11H2. The number of hydrogen-bond acceptors (Lipinski definition) is 5. The molecule has 0 spiro atoms. The predicted octanol–water partition coefficient (Wildman–Crippen LogP) is 1.79. The second kappa shape index (κ2) is 5.74. The molecular weight excluding hydrogens is 304 g/mol. The molecule has 24 heavy (non-hydrogen) atoms. The van der Waals surface area contributed by atoms with E-state index >= 15 is 0 Å². The van der Waals surface area contributed by atoms with Crippen molar-refractivity contribution in [1.82, 2.24) is 24.6 Å². The van der Waals surface area contributed by atoms with Crippen molar-refractivity contribution in [2.75, 3.05) is 13.1 Å². The summed E-state index contributed by atoms with van der Waals surface area (Å²) in [7, 11) is 0. The number of carbonyl (C=O) groups excluding carboxylic acids is 1. The van der Waals surface area contributed by atoms with E-state index in [2.05, 4.69) is 21.1 Å². The number of rotatable bonds is 2. The second-order valence-corrected chi connectivity index (χ2v) is 5.77. The molecule has 0 aliphatic carbocycles. The van der Waals surface area contributed by atoms with Crippen LogP contribution < -0.4 is 0 Å². The summed E-state index contributed by atoms with van der Waals surface area (Å²) in [5.74, 6) is -0.0160. The maximum Gasteiger partial charge on any atom is 0.254 e. The highest BCUT2D eigenvalue weighted by atomic mass is 16.2. The third kappa shape index (κ3) is 2.48. The number of hydrogen-bond donors (Lipinski definition) is 0. The van der Waals surface area contributed by atoms with E-state index in [0.29, 0.717) is 29.7 Å². The fraction of sp³-hybridized carbons (Fsp3) is 0.235. The van der Waals surface area contributed by atoms with Crippen LogP contribution in [0.2, 0.25) is 0 Å². The van der Waals surface area contributed by atoms with Gasteiger partial charge in [-0.05, 0) is 24.6 Å². The van der Waals surface area contributed by atoms with Crippen LogP contribution in [0.3, 0.4) is 0 Å². The summed E-state index contributed by atoms with van der Waals surface area (Å²) < 4.78 is 1.78. The Morgan fingerprint density at radius 1 is 1.25 bits per heavy atom. The summed E-state index contributed by atoms with van der Waals surface area (Å²) in [5, 5.41) is 13.1. The maximum atomic E-state index is 12.7. The summed E-state index contributed by atoms with van der Waals surface area (Å²) in [6, 6.07) is 7.56. The van der Waals surface area contributed by atoms with Gasteiger partial charge in [-0.2, -0.15) is 10.4 Å². The van der Waals surface area contributed by atoms with E-state index < -0.39 is 0 Å². The highest BCUT2D eigenvalue weighted by Gasteiger charge is 2.28. The molecule has 3 aromatic rings. The number of carbonyl (C=O) groups is 1. The van der Waals surface area contributed by atoms with Crippen molar-refractivity contribution in [3.05, 3.63) is 54.1 Å². The van der Waals surface area contributed by atoms with Crippen molar-refractivity contribution >= 4 is 16.9 Å². The topological polar surface area (TPSA) is 87.7 Å². The van der Waals surface area contributed by atoms with Gasteiger partial charge in [0.2, 0.25) is 0 Å². The molecule has 0 N–H and O–H groups in total. The molecule has 3 heterocycles. The highest BCUT2D eigenvalue weighted by molar-refractivity contribution is 5.97. The summed E-state index contributed by atoms with van der Waals surface area (Å²) in [4.78, 5) is 23.0. The van der Waals surface area contributed by atoms with Crippen molar-refractivity contribution in [2.45, 2.75) is 12.5 Å². The fourth-order valence-corrected chi connectivity index (χ4v) is 3.02. The molecule has 2 aromatic heterocycles. The van der Waals surface area contributed by atoms with Gasteiger partial charge in [-0.15, -0.1) is 0 Å². The van der Waals surface area contributed by atoms with Crippen molar-refractivity contribution < 1.29 is 4.79 Å². The van der Waals surface area contributed by atoms with Crippen molar-refractivity contribution in [3.8, 4) is 6.07 Å². The number of aromatic nitrogens is 4. The Labute approximate surface area is 138 Å². The average Bonchev–Trinajstić information content (AvgIpc) is 3.29. The van der Waals surface area contributed by atoms with E-state index in [1.54, 1.807) is 41.6 Å². The molecule has 0 bridgehead atoms. The lowest BCUT2D eigenvalue weighted by Crippen LogP contribution is -2.29. The highest BCUT2D eigenvalue weighted by Crippen LogP contribution is 2.23. The molecule has 1 fully saturated rings. The van der Waals surface area contributed by atoms with Gasteiger partial charge in [0.05, 0.1) is 28.8 Å². The van der Waals surface area contributed by atoms with Gasteiger partial charge in [0.15, 0.2) is 0 Å². The van der Waals surface area contributed by atoms with E-state index in [9.17, 15) is 4.79 Å². The van der Waals surface area contributed by atoms with E-state index in [4.69, 9.17) is 5.26 Å². The zero-order valence-corrected chi connectivity index (χ0v) is 12.8. The molecule has 4 rings (SSSR count). The third-order valence-electron chi connectivity index (χ3n) is 4.27. The molecule has 1 amide bonds. The lowest BCUT2D eigenvalue weighted by Gasteiger charge is -2.17. The van der Waals surface area contributed by atoms with Crippen LogP contribution in [0.4, 0.5) is 0 Å². The van der Waals surface area contributed by atoms with E-state index in [1.807, 2.05) is 11.0 Å². The zero-order valence-electron chi connectivity index (χ0n) is 12.8. The van der Waals surface area contributed by atoms with Crippen LogP contribution >= 0.6 is 0 Å². The first-order valence-corrected chi connectivity index (χ1v) is 7.69. The Kier molecular flexibility index (Phi) is 3.43.